The lowest BCUT2D eigenvalue weighted by molar-refractivity contribution is 0.276. The van der Waals surface area contributed by atoms with E-state index in [1.165, 1.54) is 49.9 Å². The van der Waals surface area contributed by atoms with Gasteiger partial charge >= 0.3 is 0 Å². The van der Waals surface area contributed by atoms with Crippen LogP contribution in [0.4, 0.5) is 0 Å². The Morgan fingerprint density at radius 1 is 1.00 bits per heavy atom. The van der Waals surface area contributed by atoms with E-state index in [0.717, 1.165) is 24.7 Å². The average Bonchev–Trinajstić information content (AvgIpc) is 2.93. The van der Waals surface area contributed by atoms with Crippen LogP contribution in [0.15, 0.2) is 41.5 Å². The van der Waals surface area contributed by atoms with E-state index in [0.29, 0.717) is 6.54 Å². The third-order valence-corrected chi connectivity index (χ3v) is 5.24. The van der Waals surface area contributed by atoms with Crippen molar-refractivity contribution in [2.75, 3.05) is 20.1 Å². The van der Waals surface area contributed by atoms with Crippen molar-refractivity contribution in [1.29, 1.82) is 0 Å². The second-order valence-corrected chi connectivity index (χ2v) is 7.18. The normalized spacial score (nSPS) is 15.6. The number of nitrogens with one attached hydrogen (secondary N) is 2. The zero-order chi connectivity index (χ0) is 18.9. The van der Waals surface area contributed by atoms with Crippen molar-refractivity contribution in [1.82, 2.24) is 25.3 Å². The molecule has 7 heteroatoms. The molecule has 1 aliphatic rings. The molecule has 0 bridgehead atoms. The topological polar surface area (TPSA) is 57.5 Å². The van der Waals surface area contributed by atoms with Gasteiger partial charge in [0.2, 0.25) is 0 Å². The molecule has 28 heavy (non-hydrogen) atoms. The van der Waals surface area contributed by atoms with E-state index < -0.39 is 0 Å². The molecule has 0 radical (unpaired) electrons. The number of halogens is 1. The summed E-state index contributed by atoms with van der Waals surface area (Å²) in [4.78, 5) is 6.94. The Kier molecular flexibility index (Phi) is 9.77. The number of benzene rings is 1. The number of aryl methyl sites for hydroxylation is 1. The Morgan fingerprint density at radius 2 is 1.68 bits per heavy atom. The fraction of sp³-hybridized carbons (Fsp3) is 0.524. The Labute approximate surface area is 185 Å². The second-order valence-electron chi connectivity index (χ2n) is 7.18. The van der Waals surface area contributed by atoms with E-state index in [1.807, 2.05) is 31.0 Å². The van der Waals surface area contributed by atoms with Gasteiger partial charge in [0.1, 0.15) is 0 Å². The molecule has 1 fully saturated rings. The van der Waals surface area contributed by atoms with Crippen molar-refractivity contribution in [3.05, 3.63) is 53.3 Å². The number of hydrogen-bond donors (Lipinski definition) is 2. The number of guanidine groups is 1. The van der Waals surface area contributed by atoms with Gasteiger partial charge in [-0.05, 0) is 43.1 Å². The van der Waals surface area contributed by atoms with Crippen LogP contribution >= 0.6 is 24.0 Å². The lowest BCUT2D eigenvalue weighted by atomic mass is 10.1. The van der Waals surface area contributed by atoms with Crippen molar-refractivity contribution < 1.29 is 0 Å². The molecule has 1 aromatic heterocycles. The number of nitrogens with zero attached hydrogens (tertiary/aromatic N) is 4. The Morgan fingerprint density at radius 3 is 2.32 bits per heavy atom. The van der Waals surface area contributed by atoms with Crippen LogP contribution in [-0.4, -0.2) is 40.8 Å². The molecule has 2 aromatic rings. The van der Waals surface area contributed by atoms with Crippen LogP contribution in [0.2, 0.25) is 0 Å². The first-order valence-corrected chi connectivity index (χ1v) is 9.97. The number of likely N-dealkylation sites (tertiary alicyclic amines) is 1. The van der Waals surface area contributed by atoms with Gasteiger partial charge in [0.25, 0.3) is 0 Å². The van der Waals surface area contributed by atoms with E-state index in [2.05, 4.69) is 49.9 Å². The number of aromatic nitrogens is 2. The Hall–Kier alpha value is -1.61. The molecule has 0 amide bonds. The average molecular weight is 496 g/mol. The van der Waals surface area contributed by atoms with Gasteiger partial charge in [-0.25, -0.2) is 0 Å². The van der Waals surface area contributed by atoms with Gasteiger partial charge < -0.3 is 10.6 Å². The van der Waals surface area contributed by atoms with Gasteiger partial charge in [-0.15, -0.1) is 24.0 Å². The zero-order valence-electron chi connectivity index (χ0n) is 17.0. The summed E-state index contributed by atoms with van der Waals surface area (Å²) in [5.74, 6) is 0.806. The molecule has 0 aliphatic carbocycles. The maximum absolute atomic E-state index is 4.34. The van der Waals surface area contributed by atoms with Crippen molar-refractivity contribution >= 4 is 29.9 Å². The summed E-state index contributed by atoms with van der Waals surface area (Å²) in [6.45, 7) is 4.95. The lowest BCUT2D eigenvalue weighted by Gasteiger charge is -2.22. The molecule has 2 N–H and O–H groups in total. The minimum absolute atomic E-state index is 0. The molecule has 6 nitrogen and oxygen atoms in total. The fourth-order valence-electron chi connectivity index (χ4n) is 3.57. The van der Waals surface area contributed by atoms with E-state index >= 15 is 0 Å². The fourth-order valence-corrected chi connectivity index (χ4v) is 3.57. The van der Waals surface area contributed by atoms with Crippen LogP contribution in [-0.2, 0) is 26.7 Å². The van der Waals surface area contributed by atoms with Gasteiger partial charge in [0.05, 0.1) is 12.2 Å². The van der Waals surface area contributed by atoms with Gasteiger partial charge in [-0.3, -0.25) is 14.6 Å². The van der Waals surface area contributed by atoms with Crippen molar-refractivity contribution in [3.63, 3.8) is 0 Å². The van der Waals surface area contributed by atoms with E-state index in [9.17, 15) is 0 Å². The van der Waals surface area contributed by atoms with Crippen LogP contribution in [0.25, 0.3) is 0 Å². The summed E-state index contributed by atoms with van der Waals surface area (Å²) in [7, 11) is 3.76. The summed E-state index contributed by atoms with van der Waals surface area (Å²) in [5.41, 5.74) is 3.87. The maximum Gasteiger partial charge on any atom is 0.191 e. The standard InChI is InChI=1S/C21H32N6.HI/c1-22-21(24-16-20-11-12-25-26(20)2)23-15-18-9-5-6-10-19(18)17-27-13-7-3-4-8-14-27;/h5-6,9-12H,3-4,7-8,13-17H2,1-2H3,(H2,22,23,24);1H. The van der Waals surface area contributed by atoms with E-state index in [-0.39, 0.29) is 24.0 Å². The molecule has 0 saturated carbocycles. The predicted molar refractivity (Wildman–Crippen MR) is 126 cm³/mol. The zero-order valence-corrected chi connectivity index (χ0v) is 19.4. The van der Waals surface area contributed by atoms with Gasteiger partial charge in [-0.1, -0.05) is 37.1 Å². The van der Waals surface area contributed by atoms with Crippen LogP contribution in [0, 0.1) is 0 Å². The van der Waals surface area contributed by atoms with Gasteiger partial charge in [0.15, 0.2) is 5.96 Å². The van der Waals surface area contributed by atoms with Crippen LogP contribution in [0.5, 0.6) is 0 Å². The van der Waals surface area contributed by atoms with Crippen molar-refractivity contribution in [3.8, 4) is 0 Å². The molecular weight excluding hydrogens is 463 g/mol. The van der Waals surface area contributed by atoms with Crippen molar-refractivity contribution in [2.24, 2.45) is 12.0 Å². The minimum atomic E-state index is 0. The molecule has 1 saturated heterocycles. The van der Waals surface area contributed by atoms with Crippen LogP contribution in [0.3, 0.4) is 0 Å². The summed E-state index contributed by atoms with van der Waals surface area (Å²) >= 11 is 0. The van der Waals surface area contributed by atoms with E-state index in [1.54, 1.807) is 0 Å². The highest BCUT2D eigenvalue weighted by molar-refractivity contribution is 14.0. The summed E-state index contributed by atoms with van der Waals surface area (Å²) in [6, 6.07) is 10.7. The first-order valence-electron chi connectivity index (χ1n) is 9.97. The second kappa shape index (κ2) is 12.1. The Balaban J connectivity index is 0.00000280. The quantitative estimate of drug-likeness (QED) is 0.366. The highest BCUT2D eigenvalue weighted by atomic mass is 127. The molecule has 3 rings (SSSR count). The third-order valence-electron chi connectivity index (χ3n) is 5.24. The molecule has 154 valence electrons. The molecule has 1 aromatic carbocycles. The van der Waals surface area contributed by atoms with Gasteiger partial charge in [-0.2, -0.15) is 5.10 Å². The van der Waals surface area contributed by atoms with Crippen molar-refractivity contribution in [2.45, 2.75) is 45.3 Å². The van der Waals surface area contributed by atoms with Crippen LogP contribution < -0.4 is 10.6 Å². The summed E-state index contributed by atoms with van der Waals surface area (Å²) < 4.78 is 1.87. The predicted octanol–water partition coefficient (Wildman–Crippen LogP) is 3.28. The van der Waals surface area contributed by atoms with Crippen LogP contribution in [0.1, 0.15) is 42.5 Å². The maximum atomic E-state index is 4.34. The summed E-state index contributed by atoms with van der Waals surface area (Å²) in [5, 5.41) is 11.0. The lowest BCUT2D eigenvalue weighted by Crippen LogP contribution is -2.37. The summed E-state index contributed by atoms with van der Waals surface area (Å²) in [6.07, 6.45) is 7.21. The Bertz CT molecular complexity index is 734. The first-order chi connectivity index (χ1) is 13.3. The monoisotopic (exact) mass is 496 g/mol. The molecule has 0 spiro atoms. The molecule has 2 heterocycles. The molecule has 0 unspecified atom stereocenters. The van der Waals surface area contributed by atoms with E-state index in [4.69, 9.17) is 0 Å². The highest BCUT2D eigenvalue weighted by Gasteiger charge is 2.12. The molecular formula is C21H33IN6. The largest absolute Gasteiger partial charge is 0.352 e. The molecule has 1 aliphatic heterocycles. The third kappa shape index (κ3) is 6.77. The smallest absolute Gasteiger partial charge is 0.191 e. The van der Waals surface area contributed by atoms with Gasteiger partial charge in [0, 0.05) is 33.4 Å². The first kappa shape index (κ1) is 22.7. The minimum Gasteiger partial charge on any atom is -0.352 e. The number of aliphatic imine (C=N–C) groups is 1. The highest BCUT2D eigenvalue weighted by Crippen LogP contribution is 2.16. The number of hydrogen-bond acceptors (Lipinski definition) is 3. The molecule has 0 atom stereocenters. The SMILES string of the molecule is CN=C(NCc1ccccc1CN1CCCCCC1)NCc1ccnn1C.I. The number of rotatable bonds is 6.